The van der Waals surface area contributed by atoms with E-state index in [0.717, 1.165) is 0 Å². The van der Waals surface area contributed by atoms with Gasteiger partial charge in [0.05, 0.1) is 11.8 Å². The molecule has 0 aliphatic rings. The molecule has 0 saturated carbocycles. The third kappa shape index (κ3) is 4.15. The van der Waals surface area contributed by atoms with E-state index in [4.69, 9.17) is 11.6 Å². The van der Waals surface area contributed by atoms with Crippen LogP contribution in [0, 0.1) is 6.92 Å². The maximum absolute atomic E-state index is 12.1. The van der Waals surface area contributed by atoms with Gasteiger partial charge in [-0.25, -0.2) is 13.1 Å². The summed E-state index contributed by atoms with van der Waals surface area (Å²) in [7, 11) is 1.37. The molecular weight excluding hydrogens is 292 g/mol. The van der Waals surface area contributed by atoms with Crippen molar-refractivity contribution in [2.45, 2.75) is 17.9 Å². The molecule has 0 spiro atoms. The van der Waals surface area contributed by atoms with Crippen LogP contribution in [0.1, 0.15) is 5.69 Å². The molecule has 1 heterocycles. The summed E-state index contributed by atoms with van der Waals surface area (Å²) in [4.78, 5) is 1.72. The molecule has 0 saturated heterocycles. The van der Waals surface area contributed by atoms with Crippen molar-refractivity contribution in [3.05, 3.63) is 10.8 Å². The normalized spacial score (nSPS) is 14.1. The number of sulfonamides is 1. The second-order valence-electron chi connectivity index (χ2n) is 4.60. The Bertz CT molecular complexity index is 541. The van der Waals surface area contributed by atoms with Gasteiger partial charge in [-0.2, -0.15) is 5.10 Å². The first kappa shape index (κ1) is 16.4. The molecule has 0 amide bonds. The van der Waals surface area contributed by atoms with E-state index in [1.54, 1.807) is 33.0 Å². The zero-order valence-electron chi connectivity index (χ0n) is 11.4. The number of aliphatic hydroxyl groups excluding tert-OH is 1. The minimum Gasteiger partial charge on any atom is -0.390 e. The van der Waals surface area contributed by atoms with E-state index in [1.165, 1.54) is 4.68 Å². The van der Waals surface area contributed by atoms with Gasteiger partial charge in [-0.15, -0.1) is 0 Å². The third-order valence-electron chi connectivity index (χ3n) is 2.45. The van der Waals surface area contributed by atoms with E-state index in [1.807, 2.05) is 0 Å². The van der Waals surface area contributed by atoms with Crippen LogP contribution in [0.5, 0.6) is 0 Å². The Morgan fingerprint density at radius 3 is 2.53 bits per heavy atom. The van der Waals surface area contributed by atoms with Gasteiger partial charge in [-0.3, -0.25) is 4.68 Å². The van der Waals surface area contributed by atoms with E-state index in [2.05, 4.69) is 9.82 Å². The van der Waals surface area contributed by atoms with Crippen LogP contribution in [0.4, 0.5) is 0 Å². The Balaban J connectivity index is 2.82. The average Bonchev–Trinajstić information content (AvgIpc) is 2.50. The monoisotopic (exact) mass is 310 g/mol. The lowest BCUT2D eigenvalue weighted by atomic mass is 10.3. The van der Waals surface area contributed by atoms with Gasteiger partial charge >= 0.3 is 0 Å². The van der Waals surface area contributed by atoms with E-state index in [9.17, 15) is 13.5 Å². The minimum atomic E-state index is -3.78. The summed E-state index contributed by atoms with van der Waals surface area (Å²) in [5.41, 5.74) is 0.321. The van der Waals surface area contributed by atoms with Gasteiger partial charge in [0.1, 0.15) is 10.0 Å². The number of nitrogens with zero attached hydrogens (tertiary/aromatic N) is 3. The first-order chi connectivity index (χ1) is 8.65. The van der Waals surface area contributed by atoms with Gasteiger partial charge in [0, 0.05) is 20.1 Å². The van der Waals surface area contributed by atoms with Crippen LogP contribution < -0.4 is 4.72 Å². The quantitative estimate of drug-likeness (QED) is 0.745. The molecule has 0 aliphatic carbocycles. The topological polar surface area (TPSA) is 87.5 Å². The largest absolute Gasteiger partial charge is 0.390 e. The number of halogens is 1. The van der Waals surface area contributed by atoms with Crippen molar-refractivity contribution in [2.75, 3.05) is 27.2 Å². The molecule has 19 heavy (non-hydrogen) atoms. The van der Waals surface area contributed by atoms with Gasteiger partial charge in [0.25, 0.3) is 0 Å². The smallest absolute Gasteiger partial charge is 0.245 e. The van der Waals surface area contributed by atoms with Gasteiger partial charge < -0.3 is 10.0 Å². The Kier molecular flexibility index (Phi) is 5.34. The van der Waals surface area contributed by atoms with Gasteiger partial charge in [0.15, 0.2) is 0 Å². The molecule has 7 nitrogen and oxygen atoms in total. The number of aryl methyl sites for hydroxylation is 2. The van der Waals surface area contributed by atoms with E-state index in [-0.39, 0.29) is 16.6 Å². The van der Waals surface area contributed by atoms with Gasteiger partial charge in [-0.1, -0.05) is 11.6 Å². The maximum atomic E-state index is 12.1. The van der Waals surface area contributed by atoms with Crippen LogP contribution in [0.2, 0.25) is 5.15 Å². The number of aromatic nitrogens is 2. The molecule has 0 bridgehead atoms. The van der Waals surface area contributed by atoms with Crippen molar-refractivity contribution >= 4 is 21.6 Å². The Labute approximate surface area is 118 Å². The highest BCUT2D eigenvalue weighted by molar-refractivity contribution is 7.89. The molecule has 0 aromatic carbocycles. The van der Waals surface area contributed by atoms with Crippen molar-refractivity contribution in [3.8, 4) is 0 Å². The van der Waals surface area contributed by atoms with Crippen LogP contribution in [-0.2, 0) is 17.1 Å². The Morgan fingerprint density at radius 2 is 2.11 bits per heavy atom. The predicted molar refractivity (Wildman–Crippen MR) is 72.7 cm³/mol. The zero-order valence-corrected chi connectivity index (χ0v) is 13.0. The second kappa shape index (κ2) is 6.19. The highest BCUT2D eigenvalue weighted by Gasteiger charge is 2.25. The molecule has 1 rings (SSSR count). The lowest BCUT2D eigenvalue weighted by molar-refractivity contribution is 0.140. The van der Waals surface area contributed by atoms with Crippen molar-refractivity contribution in [1.29, 1.82) is 0 Å². The number of likely N-dealkylation sites (N-methyl/N-ethyl adjacent to an activating group) is 1. The molecule has 1 aromatic heterocycles. The fraction of sp³-hybridized carbons (Fsp3) is 0.700. The molecule has 0 unspecified atom stereocenters. The molecule has 0 fully saturated rings. The number of rotatable bonds is 6. The molecule has 1 aromatic rings. The summed E-state index contributed by atoms with van der Waals surface area (Å²) in [6, 6.07) is 0. The van der Waals surface area contributed by atoms with Crippen LogP contribution in [0.15, 0.2) is 4.90 Å². The SMILES string of the molecule is Cc1nn(C)c(Cl)c1S(=O)(=O)NC[C@H](O)CN(C)C. The fourth-order valence-corrected chi connectivity index (χ4v) is 3.50. The van der Waals surface area contributed by atoms with E-state index in [0.29, 0.717) is 12.2 Å². The van der Waals surface area contributed by atoms with Crippen molar-refractivity contribution in [3.63, 3.8) is 0 Å². The lowest BCUT2D eigenvalue weighted by Gasteiger charge is -2.16. The maximum Gasteiger partial charge on any atom is 0.245 e. The Hall–Kier alpha value is -0.670. The van der Waals surface area contributed by atoms with E-state index < -0.39 is 16.1 Å². The van der Waals surface area contributed by atoms with E-state index >= 15 is 0 Å². The molecular formula is C10H19ClN4O3S. The number of hydrogen-bond donors (Lipinski definition) is 2. The van der Waals surface area contributed by atoms with Crippen LogP contribution in [0.25, 0.3) is 0 Å². The summed E-state index contributed by atoms with van der Waals surface area (Å²) in [5.74, 6) is 0. The highest BCUT2D eigenvalue weighted by atomic mass is 35.5. The minimum absolute atomic E-state index is 0.0475. The first-order valence-electron chi connectivity index (χ1n) is 5.66. The van der Waals surface area contributed by atoms with Crippen molar-refractivity contribution < 1.29 is 13.5 Å². The summed E-state index contributed by atoms with van der Waals surface area (Å²) >= 11 is 5.91. The van der Waals surface area contributed by atoms with Crippen molar-refractivity contribution in [1.82, 2.24) is 19.4 Å². The summed E-state index contributed by atoms with van der Waals surface area (Å²) in [6.45, 7) is 1.85. The molecule has 110 valence electrons. The van der Waals surface area contributed by atoms with Gasteiger partial charge in [0.2, 0.25) is 10.0 Å². The van der Waals surface area contributed by atoms with Crippen molar-refractivity contribution in [2.24, 2.45) is 7.05 Å². The first-order valence-corrected chi connectivity index (χ1v) is 7.53. The fourth-order valence-electron chi connectivity index (χ4n) is 1.68. The second-order valence-corrected chi connectivity index (χ2v) is 6.66. The van der Waals surface area contributed by atoms with Crippen LogP contribution >= 0.6 is 11.6 Å². The zero-order chi connectivity index (χ0) is 14.8. The summed E-state index contributed by atoms with van der Waals surface area (Å²) in [6.07, 6.45) is -0.791. The molecule has 0 radical (unpaired) electrons. The highest BCUT2D eigenvalue weighted by Crippen LogP contribution is 2.23. The average molecular weight is 311 g/mol. The third-order valence-corrected chi connectivity index (χ3v) is 4.57. The predicted octanol–water partition coefficient (Wildman–Crippen LogP) is -0.417. The summed E-state index contributed by atoms with van der Waals surface area (Å²) < 4.78 is 27.8. The molecule has 2 N–H and O–H groups in total. The van der Waals surface area contributed by atoms with Crippen LogP contribution in [-0.4, -0.2) is 61.5 Å². The molecule has 0 aliphatic heterocycles. The number of nitrogens with one attached hydrogen (secondary N) is 1. The standard InChI is InChI=1S/C10H19ClN4O3S/c1-7-9(10(11)15(4)13-7)19(17,18)12-5-8(16)6-14(2)3/h8,12,16H,5-6H2,1-4H3/t8-/m0/s1. The number of aliphatic hydroxyl groups is 1. The Morgan fingerprint density at radius 1 is 1.53 bits per heavy atom. The summed E-state index contributed by atoms with van der Waals surface area (Å²) in [5, 5.41) is 13.6. The molecule has 9 heteroatoms. The number of hydrogen-bond acceptors (Lipinski definition) is 5. The van der Waals surface area contributed by atoms with Gasteiger partial charge in [-0.05, 0) is 21.0 Å². The molecule has 1 atom stereocenters. The lowest BCUT2D eigenvalue weighted by Crippen LogP contribution is -2.37. The van der Waals surface area contributed by atoms with Crippen LogP contribution in [0.3, 0.4) is 0 Å².